The van der Waals surface area contributed by atoms with Gasteiger partial charge in [0.05, 0.1) is 0 Å². The summed E-state index contributed by atoms with van der Waals surface area (Å²) in [6.07, 6.45) is 11.1. The third-order valence-electron chi connectivity index (χ3n) is 6.15. The summed E-state index contributed by atoms with van der Waals surface area (Å²) in [7, 11) is 0. The summed E-state index contributed by atoms with van der Waals surface area (Å²) >= 11 is 5.96. The normalized spacial score (nSPS) is 18.4. The summed E-state index contributed by atoms with van der Waals surface area (Å²) in [6.45, 7) is 2.70. The Hall–Kier alpha value is -2.18. The van der Waals surface area contributed by atoms with Gasteiger partial charge in [-0.2, -0.15) is 4.98 Å². The summed E-state index contributed by atoms with van der Waals surface area (Å²) in [5.74, 6) is 1.28. The Morgan fingerprint density at radius 3 is 2.65 bits per heavy atom. The van der Waals surface area contributed by atoms with Crippen LogP contribution >= 0.6 is 11.6 Å². The molecule has 0 spiro atoms. The van der Waals surface area contributed by atoms with Gasteiger partial charge in [0.25, 0.3) is 0 Å². The van der Waals surface area contributed by atoms with Crippen LogP contribution < -0.4 is 5.32 Å². The van der Waals surface area contributed by atoms with Crippen molar-refractivity contribution in [3.8, 4) is 0 Å². The fraction of sp³-hybridized carbons (Fsp3) is 0.542. The maximum Gasteiger partial charge on any atom is 0.227 e. The molecule has 1 aromatic heterocycles. The van der Waals surface area contributed by atoms with E-state index < -0.39 is 0 Å². The number of carbonyl (C=O) groups is 1. The third-order valence-corrected chi connectivity index (χ3v) is 6.41. The van der Waals surface area contributed by atoms with Crippen LogP contribution in [0.2, 0.25) is 5.02 Å². The lowest BCUT2D eigenvalue weighted by Crippen LogP contribution is -2.34. The molecule has 2 heterocycles. The van der Waals surface area contributed by atoms with Crippen LogP contribution in [-0.2, 0) is 17.8 Å². The highest BCUT2D eigenvalue weighted by Gasteiger charge is 2.19. The van der Waals surface area contributed by atoms with Crippen molar-refractivity contribution in [1.29, 1.82) is 0 Å². The number of nitrogens with one attached hydrogen (secondary N) is 1. The number of amides is 1. The lowest BCUT2D eigenvalue weighted by atomic mass is 10.1. The number of hydrogen-bond donors (Lipinski definition) is 1. The number of carbonyl (C=O) groups excluding carboxylic acids is 1. The Morgan fingerprint density at radius 2 is 1.94 bits per heavy atom. The van der Waals surface area contributed by atoms with Crippen molar-refractivity contribution >= 4 is 23.1 Å². The highest BCUT2D eigenvalue weighted by Crippen LogP contribution is 2.22. The molecule has 0 radical (unpaired) electrons. The topological polar surface area (TPSA) is 71.3 Å². The van der Waals surface area contributed by atoms with Crippen molar-refractivity contribution in [2.75, 3.05) is 13.1 Å². The molecule has 0 unspecified atom stereocenters. The second-order valence-corrected chi connectivity index (χ2v) is 9.05. The van der Waals surface area contributed by atoms with Crippen molar-refractivity contribution in [3.63, 3.8) is 0 Å². The zero-order valence-electron chi connectivity index (χ0n) is 18.0. The maximum absolute atomic E-state index is 12.3. The Labute approximate surface area is 189 Å². The summed E-state index contributed by atoms with van der Waals surface area (Å²) in [6, 6.07) is 8.33. The predicted molar refractivity (Wildman–Crippen MR) is 122 cm³/mol. The monoisotopic (exact) mass is 442 g/mol. The fourth-order valence-corrected chi connectivity index (χ4v) is 4.46. The Morgan fingerprint density at radius 1 is 1.16 bits per heavy atom. The van der Waals surface area contributed by atoms with Crippen LogP contribution in [0.15, 0.2) is 34.9 Å². The number of hydrogen-bond acceptors (Lipinski definition) is 5. The molecular weight excluding hydrogens is 412 g/mol. The fourth-order valence-electron chi connectivity index (χ4n) is 4.34. The molecule has 1 aliphatic heterocycles. The van der Waals surface area contributed by atoms with E-state index in [1.165, 1.54) is 31.2 Å². The Kier molecular flexibility index (Phi) is 7.76. The average molecular weight is 443 g/mol. The van der Waals surface area contributed by atoms with Crippen LogP contribution in [0.5, 0.6) is 0 Å². The summed E-state index contributed by atoms with van der Waals surface area (Å²) in [5.41, 5.74) is 2.37. The Bertz CT molecular complexity index is 885. The first-order chi connectivity index (χ1) is 15.2. The smallest absolute Gasteiger partial charge is 0.227 e. The number of aromatic nitrogens is 2. The van der Waals surface area contributed by atoms with Crippen LogP contribution in [0, 0.1) is 0 Å². The second-order valence-electron chi connectivity index (χ2n) is 8.61. The maximum atomic E-state index is 12.3. The third kappa shape index (κ3) is 6.65. The van der Waals surface area contributed by atoms with E-state index in [1.807, 2.05) is 12.1 Å². The minimum absolute atomic E-state index is 0.0846. The van der Waals surface area contributed by atoms with E-state index in [4.69, 9.17) is 16.1 Å². The summed E-state index contributed by atoms with van der Waals surface area (Å²) in [5, 5.41) is 8.08. The van der Waals surface area contributed by atoms with Gasteiger partial charge in [0.1, 0.15) is 0 Å². The summed E-state index contributed by atoms with van der Waals surface area (Å²) < 4.78 is 5.40. The van der Waals surface area contributed by atoms with Crippen molar-refractivity contribution in [2.45, 2.75) is 70.4 Å². The number of rotatable bonds is 7. The first-order valence-corrected chi connectivity index (χ1v) is 11.8. The largest absolute Gasteiger partial charge is 0.353 e. The highest BCUT2D eigenvalue weighted by molar-refractivity contribution is 6.30. The van der Waals surface area contributed by atoms with E-state index in [0.29, 0.717) is 30.6 Å². The molecule has 2 aliphatic rings. The minimum Gasteiger partial charge on any atom is -0.353 e. The zero-order chi connectivity index (χ0) is 21.5. The number of aryl methyl sites for hydroxylation is 1. The molecule has 1 amide bonds. The van der Waals surface area contributed by atoms with Crippen LogP contribution in [0.1, 0.15) is 68.6 Å². The molecule has 31 heavy (non-hydrogen) atoms. The molecule has 2 aromatic rings. The van der Waals surface area contributed by atoms with Gasteiger partial charge in [-0.05, 0) is 42.5 Å². The van der Waals surface area contributed by atoms with Crippen molar-refractivity contribution in [2.24, 2.45) is 0 Å². The minimum atomic E-state index is 0.0846. The van der Waals surface area contributed by atoms with E-state index in [2.05, 4.69) is 38.6 Å². The molecular formula is C24H31ClN4O2. The van der Waals surface area contributed by atoms with E-state index in [1.54, 1.807) is 0 Å². The lowest BCUT2D eigenvalue weighted by Gasteiger charge is -2.25. The van der Waals surface area contributed by atoms with Gasteiger partial charge >= 0.3 is 0 Å². The zero-order valence-corrected chi connectivity index (χ0v) is 18.7. The molecule has 1 fully saturated rings. The van der Waals surface area contributed by atoms with Gasteiger partial charge in [-0.25, -0.2) is 0 Å². The van der Waals surface area contributed by atoms with Crippen LogP contribution in [0.25, 0.3) is 5.57 Å². The molecule has 0 saturated heterocycles. The molecule has 0 atom stereocenters. The Balaban J connectivity index is 1.23. The number of halogens is 1. The molecule has 1 aromatic carbocycles. The van der Waals surface area contributed by atoms with E-state index >= 15 is 0 Å². The van der Waals surface area contributed by atoms with Gasteiger partial charge in [-0.15, -0.1) is 0 Å². The summed E-state index contributed by atoms with van der Waals surface area (Å²) in [4.78, 5) is 19.2. The van der Waals surface area contributed by atoms with E-state index in [0.717, 1.165) is 49.5 Å². The molecule has 7 heteroatoms. The standard InChI is InChI=1S/C24H31ClN4O2/c25-20-9-7-18(8-10-20)17-29-15-13-19(14-16-29)24-27-23(31-28-24)12-11-22(30)26-21-5-3-1-2-4-6-21/h7-10,13,21H,1-6,11-12,14-17H2,(H,26,30). The van der Waals surface area contributed by atoms with Gasteiger partial charge in [-0.3, -0.25) is 9.69 Å². The van der Waals surface area contributed by atoms with E-state index in [9.17, 15) is 4.79 Å². The molecule has 4 rings (SSSR count). The SMILES string of the molecule is O=C(CCc1nc(C2=CCN(Cc3ccc(Cl)cc3)CC2)no1)NC1CCCCCC1. The first-order valence-electron chi connectivity index (χ1n) is 11.4. The van der Waals surface area contributed by atoms with Crippen molar-refractivity contribution in [1.82, 2.24) is 20.4 Å². The molecule has 166 valence electrons. The van der Waals surface area contributed by atoms with Crippen LogP contribution in [0.3, 0.4) is 0 Å². The van der Waals surface area contributed by atoms with Gasteiger partial charge in [0.15, 0.2) is 5.82 Å². The molecule has 1 N–H and O–H groups in total. The van der Waals surface area contributed by atoms with Crippen molar-refractivity contribution < 1.29 is 9.32 Å². The average Bonchev–Trinajstić information content (AvgIpc) is 3.11. The van der Waals surface area contributed by atoms with Crippen LogP contribution in [0.4, 0.5) is 0 Å². The number of benzene rings is 1. The van der Waals surface area contributed by atoms with Crippen molar-refractivity contribution in [3.05, 3.63) is 52.6 Å². The second kappa shape index (κ2) is 10.9. The highest BCUT2D eigenvalue weighted by atomic mass is 35.5. The molecule has 1 aliphatic carbocycles. The van der Waals surface area contributed by atoms with Gasteiger partial charge in [-0.1, -0.05) is 60.6 Å². The van der Waals surface area contributed by atoms with Gasteiger partial charge in [0.2, 0.25) is 11.8 Å². The van der Waals surface area contributed by atoms with Gasteiger partial charge in [0, 0.05) is 43.5 Å². The molecule has 0 bridgehead atoms. The molecule has 6 nitrogen and oxygen atoms in total. The van der Waals surface area contributed by atoms with Crippen LogP contribution in [-0.4, -0.2) is 40.1 Å². The quantitative estimate of drug-likeness (QED) is 0.624. The predicted octanol–water partition coefficient (Wildman–Crippen LogP) is 4.78. The first kappa shape index (κ1) is 22.0. The lowest BCUT2D eigenvalue weighted by molar-refractivity contribution is -0.121. The molecule has 1 saturated carbocycles. The number of nitrogens with zero attached hydrogens (tertiary/aromatic N) is 3. The van der Waals surface area contributed by atoms with Gasteiger partial charge < -0.3 is 9.84 Å². The van der Waals surface area contributed by atoms with E-state index in [-0.39, 0.29) is 5.91 Å².